The molecule has 0 spiro atoms. The summed E-state index contributed by atoms with van der Waals surface area (Å²) in [6.07, 6.45) is 9.36. The minimum atomic E-state index is -0.117. The lowest BCUT2D eigenvalue weighted by molar-refractivity contribution is 0.103. The van der Waals surface area contributed by atoms with Gasteiger partial charge in [0, 0.05) is 5.41 Å². The Labute approximate surface area is 203 Å². The Balaban J connectivity index is 1.50. The van der Waals surface area contributed by atoms with Gasteiger partial charge in [-0.3, -0.25) is 0 Å². The molecule has 0 amide bonds. The zero-order valence-corrected chi connectivity index (χ0v) is 20.1. The van der Waals surface area contributed by atoms with Crippen LogP contribution in [0.5, 0.6) is 17.2 Å². The number of rotatable bonds is 4. The quantitative estimate of drug-likeness (QED) is 0.383. The van der Waals surface area contributed by atoms with Gasteiger partial charge >= 0.3 is 0 Å². The van der Waals surface area contributed by atoms with Gasteiger partial charge in [0.1, 0.15) is 17.2 Å². The van der Waals surface area contributed by atoms with Crippen molar-refractivity contribution in [2.24, 2.45) is 11.8 Å². The summed E-state index contributed by atoms with van der Waals surface area (Å²) in [6, 6.07) is 23.5. The zero-order valence-electron chi connectivity index (χ0n) is 20.1. The number of phenolic OH excluding ortho intramolecular Hbond substituents is 3. The van der Waals surface area contributed by atoms with Gasteiger partial charge in [-0.1, -0.05) is 56.2 Å². The first kappa shape index (κ1) is 22.8. The SMILES string of the molecule is CC1CCCC(c2ccc(O)cc2)(C2CCC(c3ccc(O)cc3)(c3ccc(O)cc3)CC2)C1. The third-order valence-electron chi connectivity index (χ3n) is 8.94. The summed E-state index contributed by atoms with van der Waals surface area (Å²) in [7, 11) is 0. The molecule has 2 saturated carbocycles. The van der Waals surface area contributed by atoms with E-state index in [4.69, 9.17) is 0 Å². The van der Waals surface area contributed by atoms with Crippen LogP contribution in [0, 0.1) is 11.8 Å². The molecule has 2 fully saturated rings. The van der Waals surface area contributed by atoms with E-state index in [9.17, 15) is 15.3 Å². The summed E-state index contributed by atoms with van der Waals surface area (Å²) < 4.78 is 0. The van der Waals surface area contributed by atoms with Crippen molar-refractivity contribution >= 4 is 0 Å². The van der Waals surface area contributed by atoms with Crippen LogP contribution < -0.4 is 0 Å². The minimum absolute atomic E-state index is 0.117. The van der Waals surface area contributed by atoms with E-state index < -0.39 is 0 Å². The van der Waals surface area contributed by atoms with Crippen LogP contribution in [-0.4, -0.2) is 15.3 Å². The molecule has 5 rings (SSSR count). The Morgan fingerprint density at radius 3 is 1.47 bits per heavy atom. The van der Waals surface area contributed by atoms with Crippen LogP contribution in [0.2, 0.25) is 0 Å². The summed E-state index contributed by atoms with van der Waals surface area (Å²) in [5, 5.41) is 29.7. The fourth-order valence-corrected chi connectivity index (χ4v) is 7.22. The van der Waals surface area contributed by atoms with Crippen LogP contribution in [0.25, 0.3) is 0 Å². The first-order chi connectivity index (χ1) is 16.4. The fraction of sp³-hybridized carbons (Fsp3) is 0.419. The maximum Gasteiger partial charge on any atom is 0.115 e. The molecule has 3 nitrogen and oxygen atoms in total. The van der Waals surface area contributed by atoms with Gasteiger partial charge in [0.25, 0.3) is 0 Å². The third kappa shape index (κ3) is 4.06. The molecule has 2 atom stereocenters. The van der Waals surface area contributed by atoms with Gasteiger partial charge in [0.15, 0.2) is 0 Å². The van der Waals surface area contributed by atoms with Gasteiger partial charge < -0.3 is 15.3 Å². The van der Waals surface area contributed by atoms with Crippen LogP contribution in [0.15, 0.2) is 72.8 Å². The van der Waals surface area contributed by atoms with Crippen molar-refractivity contribution in [1.29, 1.82) is 0 Å². The normalized spacial score (nSPS) is 25.1. The average molecular weight is 457 g/mol. The number of phenols is 3. The van der Waals surface area contributed by atoms with Crippen molar-refractivity contribution in [1.82, 2.24) is 0 Å². The van der Waals surface area contributed by atoms with Gasteiger partial charge in [-0.05, 0) is 109 Å². The lowest BCUT2D eigenvalue weighted by Gasteiger charge is -2.51. The Bertz CT molecular complexity index is 1050. The predicted octanol–water partition coefficient (Wildman–Crippen LogP) is 7.43. The molecule has 0 aromatic heterocycles. The lowest BCUT2D eigenvalue weighted by atomic mass is 9.53. The number of hydrogen-bond acceptors (Lipinski definition) is 3. The van der Waals surface area contributed by atoms with Gasteiger partial charge in [-0.25, -0.2) is 0 Å². The van der Waals surface area contributed by atoms with E-state index in [1.807, 2.05) is 12.1 Å². The molecule has 2 aliphatic rings. The molecule has 3 heteroatoms. The molecular formula is C31H36O3. The Kier molecular flexibility index (Phi) is 6.06. The highest BCUT2D eigenvalue weighted by Gasteiger charge is 2.48. The van der Waals surface area contributed by atoms with Crippen LogP contribution in [0.3, 0.4) is 0 Å². The van der Waals surface area contributed by atoms with Gasteiger partial charge in [-0.2, -0.15) is 0 Å². The van der Waals surface area contributed by atoms with Crippen molar-refractivity contribution in [3.63, 3.8) is 0 Å². The van der Waals surface area contributed by atoms with E-state index in [-0.39, 0.29) is 10.8 Å². The average Bonchev–Trinajstić information content (AvgIpc) is 2.85. The molecule has 0 radical (unpaired) electrons. The van der Waals surface area contributed by atoms with E-state index in [1.165, 1.54) is 42.4 Å². The largest absolute Gasteiger partial charge is 0.508 e. The van der Waals surface area contributed by atoms with E-state index in [2.05, 4.69) is 43.3 Å². The van der Waals surface area contributed by atoms with Crippen LogP contribution in [0.1, 0.15) is 75.0 Å². The molecule has 0 bridgehead atoms. The number of hydrogen-bond donors (Lipinski definition) is 3. The Hall–Kier alpha value is -2.94. The summed E-state index contributed by atoms with van der Waals surface area (Å²) in [4.78, 5) is 0. The Morgan fingerprint density at radius 2 is 1.03 bits per heavy atom. The summed E-state index contributed by atoms with van der Waals surface area (Å²) >= 11 is 0. The van der Waals surface area contributed by atoms with Crippen LogP contribution >= 0.6 is 0 Å². The van der Waals surface area contributed by atoms with Crippen molar-refractivity contribution < 1.29 is 15.3 Å². The van der Waals surface area contributed by atoms with Crippen molar-refractivity contribution in [3.05, 3.63) is 89.5 Å². The predicted molar refractivity (Wildman–Crippen MR) is 136 cm³/mol. The molecule has 2 unspecified atom stereocenters. The smallest absolute Gasteiger partial charge is 0.115 e. The van der Waals surface area contributed by atoms with E-state index in [1.54, 1.807) is 24.3 Å². The topological polar surface area (TPSA) is 60.7 Å². The molecule has 2 aliphatic carbocycles. The maximum absolute atomic E-state index is 9.93. The van der Waals surface area contributed by atoms with Crippen molar-refractivity contribution in [3.8, 4) is 17.2 Å². The van der Waals surface area contributed by atoms with Gasteiger partial charge in [-0.15, -0.1) is 0 Å². The second-order valence-electron chi connectivity index (χ2n) is 10.9. The van der Waals surface area contributed by atoms with E-state index in [0.29, 0.717) is 29.1 Å². The van der Waals surface area contributed by atoms with E-state index in [0.717, 1.165) is 25.7 Å². The monoisotopic (exact) mass is 456 g/mol. The molecule has 3 aromatic carbocycles. The third-order valence-corrected chi connectivity index (χ3v) is 8.94. The molecule has 178 valence electrons. The van der Waals surface area contributed by atoms with Crippen LogP contribution in [-0.2, 0) is 10.8 Å². The van der Waals surface area contributed by atoms with Crippen LogP contribution in [0.4, 0.5) is 0 Å². The molecule has 3 N–H and O–H groups in total. The molecule has 34 heavy (non-hydrogen) atoms. The number of benzene rings is 3. The standard InChI is InChI=1S/C31H36O3/c1-22-3-2-18-31(21-22,25-8-14-29(34)15-9-25)26-16-19-30(20-17-26,23-4-10-27(32)11-5-23)24-6-12-28(33)13-7-24/h4-15,22,26,32-34H,2-3,16-21H2,1H3. The highest BCUT2D eigenvalue weighted by atomic mass is 16.3. The number of aromatic hydroxyl groups is 3. The molecule has 0 aliphatic heterocycles. The first-order valence-electron chi connectivity index (χ1n) is 12.8. The van der Waals surface area contributed by atoms with Crippen molar-refractivity contribution in [2.75, 3.05) is 0 Å². The molecule has 0 heterocycles. The Morgan fingerprint density at radius 1 is 0.588 bits per heavy atom. The summed E-state index contributed by atoms with van der Waals surface area (Å²) in [5.74, 6) is 2.23. The van der Waals surface area contributed by atoms with Gasteiger partial charge in [0.2, 0.25) is 0 Å². The maximum atomic E-state index is 9.93. The van der Waals surface area contributed by atoms with Gasteiger partial charge in [0.05, 0.1) is 0 Å². The lowest BCUT2D eigenvalue weighted by Crippen LogP contribution is -2.44. The second-order valence-corrected chi connectivity index (χ2v) is 10.9. The van der Waals surface area contributed by atoms with E-state index >= 15 is 0 Å². The zero-order chi connectivity index (χ0) is 23.8. The highest BCUT2D eigenvalue weighted by Crippen LogP contribution is 2.56. The second kappa shape index (κ2) is 9.02. The molecule has 3 aromatic rings. The first-order valence-corrected chi connectivity index (χ1v) is 12.8. The fourth-order valence-electron chi connectivity index (χ4n) is 7.22. The molecule has 0 saturated heterocycles. The minimum Gasteiger partial charge on any atom is -0.508 e. The highest BCUT2D eigenvalue weighted by molar-refractivity contribution is 5.44. The molecular weight excluding hydrogens is 420 g/mol. The summed E-state index contributed by atoms with van der Waals surface area (Å²) in [5.41, 5.74) is 3.93. The van der Waals surface area contributed by atoms with Crippen molar-refractivity contribution in [2.45, 2.75) is 69.1 Å². The summed E-state index contributed by atoms with van der Waals surface area (Å²) in [6.45, 7) is 2.40.